The van der Waals surface area contributed by atoms with E-state index in [1.54, 1.807) is 11.3 Å². The van der Waals surface area contributed by atoms with E-state index in [2.05, 4.69) is 10.3 Å². The minimum Gasteiger partial charge on any atom is -0.494 e. The van der Waals surface area contributed by atoms with Gasteiger partial charge in [0, 0.05) is 30.2 Å². The highest BCUT2D eigenvalue weighted by molar-refractivity contribution is 7.15. The summed E-state index contributed by atoms with van der Waals surface area (Å²) in [6.45, 7) is 5.23. The number of nitrogens with one attached hydrogen (secondary N) is 1. The smallest absolute Gasteiger partial charge is 0.185 e. The molecule has 0 bridgehead atoms. The van der Waals surface area contributed by atoms with Gasteiger partial charge in [0.15, 0.2) is 5.13 Å². The Bertz CT molecular complexity index is 626. The molecule has 1 aromatic heterocycles. The molecule has 0 radical (unpaired) electrons. The largest absolute Gasteiger partial charge is 0.494 e. The van der Waals surface area contributed by atoms with Gasteiger partial charge in [-0.3, -0.25) is 0 Å². The van der Waals surface area contributed by atoms with Gasteiger partial charge in [0.2, 0.25) is 0 Å². The Morgan fingerprint density at radius 2 is 2.14 bits per heavy atom. The number of aryl methyl sites for hydroxylation is 1. The van der Waals surface area contributed by atoms with Crippen molar-refractivity contribution in [1.82, 2.24) is 4.98 Å². The molecule has 0 unspecified atom stereocenters. The highest BCUT2D eigenvalue weighted by Crippen LogP contribution is 2.27. The van der Waals surface area contributed by atoms with Crippen LogP contribution >= 0.6 is 11.3 Å². The molecule has 1 heterocycles. The van der Waals surface area contributed by atoms with Crippen molar-refractivity contribution in [2.45, 2.75) is 27.0 Å². The topological polar surface area (TPSA) is 57.6 Å². The van der Waals surface area contributed by atoms with Crippen LogP contribution in [-0.4, -0.2) is 30.8 Å². The number of thiazole rings is 1. The number of hydrogen-bond donors (Lipinski definition) is 2. The maximum atomic E-state index is 9.44. The van der Waals surface area contributed by atoms with E-state index < -0.39 is 0 Å². The Hall–Kier alpha value is -1.79. The second-order valence-corrected chi connectivity index (χ2v) is 6.23. The predicted octanol–water partition coefficient (Wildman–Crippen LogP) is 3.02. The molecule has 0 saturated carbocycles. The third kappa shape index (κ3) is 3.90. The number of ether oxygens (including phenoxy) is 1. The maximum Gasteiger partial charge on any atom is 0.185 e. The van der Waals surface area contributed by atoms with Gasteiger partial charge in [-0.15, -0.1) is 0 Å². The highest BCUT2D eigenvalue weighted by Gasteiger charge is 2.09. The average molecular weight is 321 g/mol. The van der Waals surface area contributed by atoms with Gasteiger partial charge in [-0.05, 0) is 32.0 Å². The molecule has 2 aromatic rings. The summed E-state index contributed by atoms with van der Waals surface area (Å²) in [5.41, 5.74) is 2.81. The molecule has 2 rings (SSSR count). The number of aliphatic hydroxyl groups is 1. The van der Waals surface area contributed by atoms with Crippen molar-refractivity contribution in [3.05, 3.63) is 34.3 Å². The SMILES string of the molecule is CCOc1ccc(NCc2sc(N(C)C)nc2C)cc1CO. The summed E-state index contributed by atoms with van der Waals surface area (Å²) >= 11 is 1.69. The van der Waals surface area contributed by atoms with Gasteiger partial charge in [0.25, 0.3) is 0 Å². The number of rotatable bonds is 7. The van der Waals surface area contributed by atoms with Gasteiger partial charge in [-0.25, -0.2) is 4.98 Å². The number of benzene rings is 1. The zero-order chi connectivity index (χ0) is 16.1. The lowest BCUT2D eigenvalue weighted by Crippen LogP contribution is -2.07. The quantitative estimate of drug-likeness (QED) is 0.821. The number of aliphatic hydroxyl groups excluding tert-OH is 1. The molecule has 22 heavy (non-hydrogen) atoms. The molecule has 0 amide bonds. The van der Waals surface area contributed by atoms with Crippen molar-refractivity contribution < 1.29 is 9.84 Å². The van der Waals surface area contributed by atoms with E-state index in [-0.39, 0.29) is 6.61 Å². The Morgan fingerprint density at radius 1 is 1.36 bits per heavy atom. The first kappa shape index (κ1) is 16.6. The molecule has 0 saturated heterocycles. The standard InChI is InChI=1S/C16H23N3O2S/c1-5-21-14-7-6-13(8-12(14)10-20)17-9-15-11(2)18-16(22-15)19(3)4/h6-8,17,20H,5,9-10H2,1-4H3. The van der Waals surface area contributed by atoms with Gasteiger partial charge in [0.1, 0.15) is 5.75 Å². The Morgan fingerprint density at radius 3 is 2.73 bits per heavy atom. The molecule has 0 aliphatic rings. The van der Waals surface area contributed by atoms with Crippen molar-refractivity contribution in [3.63, 3.8) is 0 Å². The normalized spacial score (nSPS) is 10.6. The first-order chi connectivity index (χ1) is 10.5. The Kier molecular flexibility index (Phi) is 5.63. The first-order valence-electron chi connectivity index (χ1n) is 7.29. The van der Waals surface area contributed by atoms with Crippen molar-refractivity contribution in [2.24, 2.45) is 0 Å². The molecule has 2 N–H and O–H groups in total. The van der Waals surface area contributed by atoms with Crippen molar-refractivity contribution in [2.75, 3.05) is 30.9 Å². The molecule has 0 atom stereocenters. The summed E-state index contributed by atoms with van der Waals surface area (Å²) in [5, 5.41) is 13.8. The molecular weight excluding hydrogens is 298 g/mol. The van der Waals surface area contributed by atoms with Crippen LogP contribution in [0.3, 0.4) is 0 Å². The van der Waals surface area contributed by atoms with Crippen LogP contribution in [0.25, 0.3) is 0 Å². The van der Waals surface area contributed by atoms with E-state index in [9.17, 15) is 5.11 Å². The number of nitrogens with zero attached hydrogens (tertiary/aromatic N) is 2. The van der Waals surface area contributed by atoms with Gasteiger partial charge in [-0.1, -0.05) is 11.3 Å². The second kappa shape index (κ2) is 7.47. The third-order valence-corrected chi connectivity index (χ3v) is 4.57. The lowest BCUT2D eigenvalue weighted by atomic mass is 10.2. The molecule has 5 nitrogen and oxygen atoms in total. The van der Waals surface area contributed by atoms with Crippen LogP contribution < -0.4 is 15.0 Å². The minimum absolute atomic E-state index is 0.0325. The molecular formula is C16H23N3O2S. The van der Waals surface area contributed by atoms with E-state index in [0.717, 1.165) is 34.4 Å². The fourth-order valence-electron chi connectivity index (χ4n) is 2.06. The lowest BCUT2D eigenvalue weighted by Gasteiger charge is -2.11. The van der Waals surface area contributed by atoms with Crippen LogP contribution in [-0.2, 0) is 13.2 Å². The predicted molar refractivity (Wildman–Crippen MR) is 92.0 cm³/mol. The maximum absolute atomic E-state index is 9.44. The summed E-state index contributed by atoms with van der Waals surface area (Å²) in [6, 6.07) is 5.78. The van der Waals surface area contributed by atoms with Crippen molar-refractivity contribution in [1.29, 1.82) is 0 Å². The zero-order valence-corrected chi connectivity index (χ0v) is 14.3. The number of anilines is 2. The molecule has 1 aromatic carbocycles. The van der Waals surface area contributed by atoms with E-state index in [4.69, 9.17) is 4.74 Å². The van der Waals surface area contributed by atoms with Crippen LogP contribution in [0.4, 0.5) is 10.8 Å². The monoisotopic (exact) mass is 321 g/mol. The number of aromatic nitrogens is 1. The molecule has 0 spiro atoms. The van der Waals surface area contributed by atoms with Gasteiger partial charge in [0.05, 0.1) is 25.5 Å². The second-order valence-electron chi connectivity index (χ2n) is 5.17. The van der Waals surface area contributed by atoms with Gasteiger partial charge in [-0.2, -0.15) is 0 Å². The van der Waals surface area contributed by atoms with Crippen LogP contribution in [0.2, 0.25) is 0 Å². The zero-order valence-electron chi connectivity index (χ0n) is 13.5. The molecule has 0 aliphatic heterocycles. The number of hydrogen-bond acceptors (Lipinski definition) is 6. The first-order valence-corrected chi connectivity index (χ1v) is 8.10. The molecule has 0 fully saturated rings. The summed E-state index contributed by atoms with van der Waals surface area (Å²) < 4.78 is 5.49. The fraction of sp³-hybridized carbons (Fsp3) is 0.438. The van der Waals surface area contributed by atoms with Gasteiger partial charge < -0.3 is 20.1 Å². The Labute approximate surface area is 135 Å². The summed E-state index contributed by atoms with van der Waals surface area (Å²) in [4.78, 5) is 7.77. The fourth-order valence-corrected chi connectivity index (χ4v) is 2.98. The Balaban J connectivity index is 2.08. The summed E-state index contributed by atoms with van der Waals surface area (Å²) in [5.74, 6) is 0.736. The van der Waals surface area contributed by atoms with E-state index in [0.29, 0.717) is 6.61 Å². The van der Waals surface area contributed by atoms with Crippen LogP contribution in [0.5, 0.6) is 5.75 Å². The molecule has 120 valence electrons. The van der Waals surface area contributed by atoms with Crippen LogP contribution in [0.15, 0.2) is 18.2 Å². The van der Waals surface area contributed by atoms with E-state index in [1.165, 1.54) is 4.88 Å². The highest BCUT2D eigenvalue weighted by atomic mass is 32.1. The molecule has 6 heteroatoms. The van der Waals surface area contributed by atoms with Crippen LogP contribution in [0, 0.1) is 6.92 Å². The average Bonchev–Trinajstić information content (AvgIpc) is 2.88. The third-order valence-electron chi connectivity index (χ3n) is 3.25. The summed E-state index contributed by atoms with van der Waals surface area (Å²) in [6.07, 6.45) is 0. The molecule has 0 aliphatic carbocycles. The van der Waals surface area contributed by atoms with E-state index in [1.807, 2.05) is 51.0 Å². The van der Waals surface area contributed by atoms with Crippen molar-refractivity contribution in [3.8, 4) is 5.75 Å². The van der Waals surface area contributed by atoms with Crippen molar-refractivity contribution >= 4 is 22.2 Å². The van der Waals surface area contributed by atoms with Gasteiger partial charge >= 0.3 is 0 Å². The lowest BCUT2D eigenvalue weighted by molar-refractivity contribution is 0.267. The van der Waals surface area contributed by atoms with Crippen LogP contribution in [0.1, 0.15) is 23.1 Å². The minimum atomic E-state index is -0.0325. The van der Waals surface area contributed by atoms with E-state index >= 15 is 0 Å². The summed E-state index contributed by atoms with van der Waals surface area (Å²) in [7, 11) is 3.99.